The molecule has 7 nitrogen and oxygen atoms in total. The Balaban J connectivity index is 1.82. The highest BCUT2D eigenvalue weighted by Gasteiger charge is 2.20. The average molecular weight is 385 g/mol. The fourth-order valence-corrected chi connectivity index (χ4v) is 3.68. The van der Waals surface area contributed by atoms with Gasteiger partial charge in [-0.15, -0.1) is 0 Å². The summed E-state index contributed by atoms with van der Waals surface area (Å²) in [4.78, 5) is 8.38. The van der Waals surface area contributed by atoms with E-state index in [0.717, 1.165) is 11.3 Å². The summed E-state index contributed by atoms with van der Waals surface area (Å²) in [6.07, 6.45) is 1.41. The summed E-state index contributed by atoms with van der Waals surface area (Å²) < 4.78 is 38.2. The standard InChI is InChI=1S/C19H19N3O4S/c1-25-16-8-9-18(26-2)19(11-16)27(23,24)22-12-15-10-17(21-13-20-15)14-6-4-3-5-7-14/h3-11,13,22H,12H2,1-2H3. The summed E-state index contributed by atoms with van der Waals surface area (Å²) in [6.45, 7) is 0.0189. The monoisotopic (exact) mass is 385 g/mol. The molecule has 0 aliphatic heterocycles. The van der Waals surface area contributed by atoms with Crippen molar-refractivity contribution in [1.82, 2.24) is 14.7 Å². The van der Waals surface area contributed by atoms with Crippen molar-refractivity contribution >= 4 is 10.0 Å². The summed E-state index contributed by atoms with van der Waals surface area (Å²) >= 11 is 0. The van der Waals surface area contributed by atoms with Crippen LogP contribution in [0.25, 0.3) is 11.3 Å². The predicted molar refractivity (Wildman–Crippen MR) is 101 cm³/mol. The second-order valence-corrected chi connectivity index (χ2v) is 7.34. The number of hydrogen-bond acceptors (Lipinski definition) is 6. The normalized spacial score (nSPS) is 11.2. The molecule has 0 amide bonds. The molecule has 1 heterocycles. The molecule has 27 heavy (non-hydrogen) atoms. The van der Waals surface area contributed by atoms with Gasteiger partial charge in [-0.05, 0) is 18.2 Å². The van der Waals surface area contributed by atoms with Gasteiger partial charge < -0.3 is 9.47 Å². The molecule has 0 spiro atoms. The minimum Gasteiger partial charge on any atom is -0.497 e. The van der Waals surface area contributed by atoms with E-state index in [-0.39, 0.29) is 17.2 Å². The molecule has 0 bridgehead atoms. The van der Waals surface area contributed by atoms with Gasteiger partial charge in [-0.2, -0.15) is 0 Å². The Morgan fingerprint density at radius 3 is 2.44 bits per heavy atom. The summed E-state index contributed by atoms with van der Waals surface area (Å²) in [6, 6.07) is 15.9. The zero-order valence-corrected chi connectivity index (χ0v) is 15.7. The van der Waals surface area contributed by atoms with Gasteiger partial charge in [0.2, 0.25) is 10.0 Å². The highest BCUT2D eigenvalue weighted by molar-refractivity contribution is 7.89. The van der Waals surface area contributed by atoms with Crippen LogP contribution in [0.5, 0.6) is 11.5 Å². The van der Waals surface area contributed by atoms with Crippen molar-refractivity contribution in [1.29, 1.82) is 0 Å². The molecule has 0 saturated carbocycles. The first-order chi connectivity index (χ1) is 13.0. The van der Waals surface area contributed by atoms with E-state index in [1.54, 1.807) is 18.2 Å². The zero-order chi connectivity index (χ0) is 19.3. The number of nitrogens with one attached hydrogen (secondary N) is 1. The molecule has 3 rings (SSSR count). The summed E-state index contributed by atoms with van der Waals surface area (Å²) in [7, 11) is -0.943. The zero-order valence-electron chi connectivity index (χ0n) is 14.9. The number of ether oxygens (including phenoxy) is 2. The van der Waals surface area contributed by atoms with E-state index in [1.165, 1.54) is 26.6 Å². The molecule has 2 aromatic carbocycles. The van der Waals surface area contributed by atoms with E-state index < -0.39 is 10.0 Å². The second kappa shape index (κ2) is 8.15. The summed E-state index contributed by atoms with van der Waals surface area (Å²) in [5.41, 5.74) is 2.20. The molecule has 0 fully saturated rings. The van der Waals surface area contributed by atoms with Gasteiger partial charge >= 0.3 is 0 Å². The Morgan fingerprint density at radius 1 is 0.963 bits per heavy atom. The van der Waals surface area contributed by atoms with Gasteiger partial charge in [0.15, 0.2) is 0 Å². The van der Waals surface area contributed by atoms with Gasteiger partial charge in [0.05, 0.1) is 32.2 Å². The average Bonchev–Trinajstić information content (AvgIpc) is 2.72. The number of hydrogen-bond donors (Lipinski definition) is 1. The predicted octanol–water partition coefficient (Wildman–Crippen LogP) is 2.64. The van der Waals surface area contributed by atoms with Crippen molar-refractivity contribution in [2.24, 2.45) is 0 Å². The van der Waals surface area contributed by atoms with Crippen LogP contribution in [0.1, 0.15) is 5.69 Å². The molecule has 1 N–H and O–H groups in total. The third kappa shape index (κ3) is 4.42. The minimum atomic E-state index is -3.83. The molecule has 0 unspecified atom stereocenters. The number of nitrogens with zero attached hydrogens (tertiary/aromatic N) is 2. The van der Waals surface area contributed by atoms with E-state index in [1.807, 2.05) is 30.3 Å². The second-order valence-electron chi connectivity index (χ2n) is 5.60. The lowest BCUT2D eigenvalue weighted by Gasteiger charge is -2.12. The van der Waals surface area contributed by atoms with E-state index in [4.69, 9.17) is 9.47 Å². The Hall–Kier alpha value is -2.97. The van der Waals surface area contributed by atoms with Crippen LogP contribution in [0.3, 0.4) is 0 Å². The number of aromatic nitrogens is 2. The van der Waals surface area contributed by atoms with Gasteiger partial charge in [0.25, 0.3) is 0 Å². The number of sulfonamides is 1. The van der Waals surface area contributed by atoms with Gasteiger partial charge in [-0.1, -0.05) is 30.3 Å². The molecular weight excluding hydrogens is 366 g/mol. The first-order valence-electron chi connectivity index (χ1n) is 8.11. The maximum Gasteiger partial charge on any atom is 0.244 e. The Morgan fingerprint density at radius 2 is 1.74 bits per heavy atom. The van der Waals surface area contributed by atoms with Crippen molar-refractivity contribution in [3.8, 4) is 22.8 Å². The first kappa shape index (κ1) is 18.8. The molecule has 0 atom stereocenters. The highest BCUT2D eigenvalue weighted by Crippen LogP contribution is 2.28. The van der Waals surface area contributed by atoms with Gasteiger partial charge in [0.1, 0.15) is 22.7 Å². The number of rotatable bonds is 7. The molecule has 8 heteroatoms. The largest absolute Gasteiger partial charge is 0.497 e. The van der Waals surface area contributed by atoms with Crippen molar-refractivity contribution in [3.05, 3.63) is 66.6 Å². The van der Waals surface area contributed by atoms with Gasteiger partial charge in [-0.3, -0.25) is 0 Å². The topological polar surface area (TPSA) is 90.4 Å². The van der Waals surface area contributed by atoms with Crippen molar-refractivity contribution in [2.45, 2.75) is 11.4 Å². The van der Waals surface area contributed by atoms with Crippen LogP contribution in [0.2, 0.25) is 0 Å². The van der Waals surface area contributed by atoms with Crippen LogP contribution >= 0.6 is 0 Å². The van der Waals surface area contributed by atoms with Gasteiger partial charge in [-0.25, -0.2) is 23.1 Å². The highest BCUT2D eigenvalue weighted by atomic mass is 32.2. The lowest BCUT2D eigenvalue weighted by atomic mass is 10.1. The minimum absolute atomic E-state index is 0.00156. The lowest BCUT2D eigenvalue weighted by molar-refractivity contribution is 0.392. The summed E-state index contributed by atoms with van der Waals surface area (Å²) in [5.74, 6) is 0.653. The number of methoxy groups -OCH3 is 2. The molecule has 0 saturated heterocycles. The smallest absolute Gasteiger partial charge is 0.244 e. The molecule has 0 radical (unpaired) electrons. The van der Waals surface area contributed by atoms with E-state index >= 15 is 0 Å². The quantitative estimate of drug-likeness (QED) is 0.672. The SMILES string of the molecule is COc1ccc(OC)c(S(=O)(=O)NCc2cc(-c3ccccc3)ncn2)c1. The fourth-order valence-electron chi connectivity index (χ4n) is 2.50. The summed E-state index contributed by atoms with van der Waals surface area (Å²) in [5, 5.41) is 0. The third-order valence-corrected chi connectivity index (χ3v) is 5.32. The van der Waals surface area contributed by atoms with Crippen LogP contribution in [0.4, 0.5) is 0 Å². The van der Waals surface area contributed by atoms with Crippen molar-refractivity contribution in [2.75, 3.05) is 14.2 Å². The Kier molecular flexibility index (Phi) is 5.68. The van der Waals surface area contributed by atoms with Gasteiger partial charge in [0, 0.05) is 11.6 Å². The molecule has 0 aliphatic carbocycles. The van der Waals surface area contributed by atoms with Crippen LogP contribution in [-0.4, -0.2) is 32.6 Å². The maximum atomic E-state index is 12.7. The molecular formula is C19H19N3O4S. The first-order valence-corrected chi connectivity index (χ1v) is 9.60. The van der Waals surface area contributed by atoms with Crippen LogP contribution in [-0.2, 0) is 16.6 Å². The van der Waals surface area contributed by atoms with Crippen LogP contribution in [0, 0.1) is 0 Å². The lowest BCUT2D eigenvalue weighted by Crippen LogP contribution is -2.24. The Bertz CT molecular complexity index is 1020. The molecule has 140 valence electrons. The Labute approximate surface area is 158 Å². The van der Waals surface area contributed by atoms with Crippen LogP contribution < -0.4 is 14.2 Å². The van der Waals surface area contributed by atoms with E-state index in [2.05, 4.69) is 14.7 Å². The molecule has 1 aromatic heterocycles. The third-order valence-electron chi connectivity index (χ3n) is 3.90. The maximum absolute atomic E-state index is 12.7. The molecule has 0 aliphatic rings. The van der Waals surface area contributed by atoms with Crippen molar-refractivity contribution in [3.63, 3.8) is 0 Å². The number of benzene rings is 2. The molecule has 3 aromatic rings. The van der Waals surface area contributed by atoms with E-state index in [0.29, 0.717) is 11.4 Å². The fraction of sp³-hybridized carbons (Fsp3) is 0.158. The van der Waals surface area contributed by atoms with E-state index in [9.17, 15) is 8.42 Å². The van der Waals surface area contributed by atoms with Crippen molar-refractivity contribution < 1.29 is 17.9 Å². The van der Waals surface area contributed by atoms with Crippen LogP contribution in [0.15, 0.2) is 65.8 Å².